The predicted molar refractivity (Wildman–Crippen MR) is 59.1 cm³/mol. The van der Waals surface area contributed by atoms with E-state index >= 15 is 0 Å². The van der Waals surface area contributed by atoms with Crippen molar-refractivity contribution in [1.82, 2.24) is 10.3 Å². The second kappa shape index (κ2) is 4.61. The van der Waals surface area contributed by atoms with Gasteiger partial charge in [-0.2, -0.15) is 4.99 Å². The summed E-state index contributed by atoms with van der Waals surface area (Å²) in [5, 5.41) is 4.80. The summed E-state index contributed by atoms with van der Waals surface area (Å²) in [6.45, 7) is 6.72. The van der Waals surface area contributed by atoms with Crippen LogP contribution in [-0.4, -0.2) is 29.0 Å². The van der Waals surface area contributed by atoms with Gasteiger partial charge < -0.3 is 5.32 Å². The van der Waals surface area contributed by atoms with Crippen LogP contribution in [0, 0.1) is 5.92 Å². The Kier molecular flexibility index (Phi) is 3.71. The van der Waals surface area contributed by atoms with E-state index in [0.717, 1.165) is 0 Å². The first-order valence-electron chi connectivity index (χ1n) is 4.65. The van der Waals surface area contributed by atoms with Crippen molar-refractivity contribution in [1.29, 1.82) is 0 Å². The van der Waals surface area contributed by atoms with Gasteiger partial charge in [0.2, 0.25) is 11.3 Å². The highest BCUT2D eigenvalue weighted by molar-refractivity contribution is 6.65. The van der Waals surface area contributed by atoms with E-state index in [9.17, 15) is 0 Å². The molecule has 1 unspecified atom stereocenters. The molecule has 0 amide bonds. The van der Waals surface area contributed by atoms with Gasteiger partial charge in [-0.1, -0.05) is 13.8 Å². The van der Waals surface area contributed by atoms with Crippen molar-refractivity contribution in [3.63, 3.8) is 0 Å². The van der Waals surface area contributed by atoms with Crippen LogP contribution in [0.1, 0.15) is 20.8 Å². The Morgan fingerprint density at radius 3 is 2.86 bits per heavy atom. The summed E-state index contributed by atoms with van der Waals surface area (Å²) in [6.07, 6.45) is -0.0506. The van der Waals surface area contributed by atoms with Gasteiger partial charge in [-0.15, -0.1) is 0 Å². The number of rotatable bonds is 2. The average Bonchev–Trinajstić information content (AvgIpc) is 2.11. The van der Waals surface area contributed by atoms with Crippen molar-refractivity contribution in [2.75, 3.05) is 6.54 Å². The molecule has 3 N–H and O–H groups in total. The Hall–Kier alpha value is -0.810. The fraction of sp³-hybridized carbons (Fsp3) is 0.750. The molecule has 1 heterocycles. The smallest absolute Gasteiger partial charge is 0.222 e. The maximum atomic E-state index is 5.87. The van der Waals surface area contributed by atoms with Crippen LogP contribution in [0.25, 0.3) is 0 Å². The van der Waals surface area contributed by atoms with Crippen molar-refractivity contribution in [3.8, 4) is 0 Å². The van der Waals surface area contributed by atoms with E-state index in [0.29, 0.717) is 18.4 Å². The number of hydrazine groups is 1. The molecule has 0 bridgehead atoms. The van der Waals surface area contributed by atoms with Crippen molar-refractivity contribution < 1.29 is 0 Å². The molecule has 5 nitrogen and oxygen atoms in total. The van der Waals surface area contributed by atoms with E-state index in [1.807, 2.05) is 6.92 Å². The number of halogens is 1. The summed E-state index contributed by atoms with van der Waals surface area (Å²) in [7, 11) is 0. The van der Waals surface area contributed by atoms with Crippen LogP contribution in [0.4, 0.5) is 0 Å². The number of hydrogen-bond donors (Lipinski definition) is 2. The third-order valence-corrected chi connectivity index (χ3v) is 2.21. The zero-order chi connectivity index (χ0) is 10.7. The summed E-state index contributed by atoms with van der Waals surface area (Å²) >= 11 is 5.87. The molecule has 14 heavy (non-hydrogen) atoms. The van der Waals surface area contributed by atoms with E-state index in [1.54, 1.807) is 0 Å². The molecule has 0 aromatic carbocycles. The standard InChI is InChI=1S/C8H16ClN5/c1-4-11-8-12-6(5(2)3)14(10)7(9)13-8/h5-6H,4,10H2,1-3H3,(H,11,12). The number of guanidine groups is 1. The fourth-order valence-corrected chi connectivity index (χ4v) is 1.40. The van der Waals surface area contributed by atoms with Crippen LogP contribution < -0.4 is 11.2 Å². The first kappa shape index (κ1) is 11.3. The predicted octanol–water partition coefficient (Wildman–Crippen LogP) is 0.718. The number of nitrogens with one attached hydrogen (secondary N) is 1. The van der Waals surface area contributed by atoms with Crippen molar-refractivity contribution in [2.24, 2.45) is 21.7 Å². The maximum Gasteiger partial charge on any atom is 0.222 e. The van der Waals surface area contributed by atoms with E-state index in [4.69, 9.17) is 17.4 Å². The molecule has 0 aliphatic carbocycles. The number of nitrogens with two attached hydrogens (primary N) is 1. The van der Waals surface area contributed by atoms with Crippen LogP contribution in [-0.2, 0) is 0 Å². The lowest BCUT2D eigenvalue weighted by Gasteiger charge is -2.34. The normalized spacial score (nSPS) is 25.3. The Labute approximate surface area is 89.0 Å². The first-order valence-corrected chi connectivity index (χ1v) is 5.03. The highest BCUT2D eigenvalue weighted by Gasteiger charge is 2.26. The summed E-state index contributed by atoms with van der Waals surface area (Å²) in [5.41, 5.74) is 0. The number of amidine groups is 1. The van der Waals surface area contributed by atoms with Gasteiger partial charge in [-0.3, -0.25) is 10.0 Å². The molecule has 1 rings (SSSR count). The second-order valence-electron chi connectivity index (χ2n) is 3.42. The minimum Gasteiger partial charge on any atom is -0.333 e. The minimum absolute atomic E-state index is 0.0506. The molecule has 1 atom stereocenters. The molecule has 0 aromatic rings. The second-order valence-corrected chi connectivity index (χ2v) is 3.76. The zero-order valence-corrected chi connectivity index (χ0v) is 9.41. The molecular formula is C8H16ClN5. The number of hydrogen-bond acceptors (Lipinski definition) is 3. The third-order valence-electron chi connectivity index (χ3n) is 1.93. The fourth-order valence-electron chi connectivity index (χ4n) is 1.21. The monoisotopic (exact) mass is 217 g/mol. The largest absolute Gasteiger partial charge is 0.333 e. The summed E-state index contributed by atoms with van der Waals surface area (Å²) in [4.78, 5) is 8.16. The van der Waals surface area contributed by atoms with Crippen LogP contribution >= 0.6 is 11.6 Å². The van der Waals surface area contributed by atoms with Gasteiger partial charge in [0.25, 0.3) is 0 Å². The van der Waals surface area contributed by atoms with Crippen LogP contribution in [0.2, 0.25) is 0 Å². The van der Waals surface area contributed by atoms with E-state index < -0.39 is 0 Å². The van der Waals surface area contributed by atoms with E-state index in [2.05, 4.69) is 29.1 Å². The number of aliphatic imine (C=N–C) groups is 2. The van der Waals surface area contributed by atoms with Gasteiger partial charge in [0, 0.05) is 6.54 Å². The Bertz CT molecular complexity index is 260. The van der Waals surface area contributed by atoms with E-state index in [-0.39, 0.29) is 11.5 Å². The Balaban J connectivity index is 2.86. The Morgan fingerprint density at radius 2 is 2.36 bits per heavy atom. The molecule has 0 saturated carbocycles. The summed E-state index contributed by atoms with van der Waals surface area (Å²) < 4.78 is 0. The van der Waals surface area contributed by atoms with Gasteiger partial charge in [0.05, 0.1) is 0 Å². The minimum atomic E-state index is -0.0506. The third kappa shape index (κ3) is 2.36. The molecule has 0 radical (unpaired) electrons. The lowest BCUT2D eigenvalue weighted by atomic mass is 10.1. The van der Waals surface area contributed by atoms with Gasteiger partial charge in [-0.05, 0) is 24.4 Å². The van der Waals surface area contributed by atoms with Gasteiger partial charge >= 0.3 is 0 Å². The quantitative estimate of drug-likeness (QED) is 0.529. The molecule has 0 aromatic heterocycles. The first-order chi connectivity index (χ1) is 6.56. The van der Waals surface area contributed by atoms with Gasteiger partial charge in [0.15, 0.2) is 0 Å². The molecule has 1 aliphatic heterocycles. The summed E-state index contributed by atoms with van der Waals surface area (Å²) in [5.74, 6) is 6.61. The van der Waals surface area contributed by atoms with Crippen LogP contribution in [0.5, 0.6) is 0 Å². The molecule has 0 saturated heterocycles. The molecule has 1 aliphatic rings. The average molecular weight is 218 g/mol. The van der Waals surface area contributed by atoms with Crippen molar-refractivity contribution >= 4 is 22.9 Å². The number of nitrogens with zero attached hydrogens (tertiary/aromatic N) is 3. The molecule has 80 valence electrons. The lowest BCUT2D eigenvalue weighted by Crippen LogP contribution is -2.59. The SMILES string of the molecule is CCN=C1N=C(Cl)N(N)C(C(C)C)N1. The van der Waals surface area contributed by atoms with Gasteiger partial charge in [-0.25, -0.2) is 5.84 Å². The highest BCUT2D eigenvalue weighted by Crippen LogP contribution is 2.11. The molecule has 0 fully saturated rings. The van der Waals surface area contributed by atoms with Crippen LogP contribution in [0.3, 0.4) is 0 Å². The topological polar surface area (TPSA) is 66.0 Å². The zero-order valence-electron chi connectivity index (χ0n) is 8.66. The van der Waals surface area contributed by atoms with E-state index in [1.165, 1.54) is 5.01 Å². The lowest BCUT2D eigenvalue weighted by molar-refractivity contribution is 0.232. The molecule has 6 heteroatoms. The van der Waals surface area contributed by atoms with Crippen molar-refractivity contribution in [3.05, 3.63) is 0 Å². The summed E-state index contributed by atoms with van der Waals surface area (Å²) in [6, 6.07) is 0. The highest BCUT2D eigenvalue weighted by atomic mass is 35.5. The molecular weight excluding hydrogens is 202 g/mol. The maximum absolute atomic E-state index is 5.87. The van der Waals surface area contributed by atoms with Crippen LogP contribution in [0.15, 0.2) is 9.98 Å². The Morgan fingerprint density at radius 1 is 1.71 bits per heavy atom. The molecule has 0 spiro atoms. The van der Waals surface area contributed by atoms with Gasteiger partial charge in [0.1, 0.15) is 6.17 Å². The van der Waals surface area contributed by atoms with Crippen molar-refractivity contribution in [2.45, 2.75) is 26.9 Å².